The average molecular weight is 441 g/mol. The fourth-order valence-corrected chi connectivity index (χ4v) is 7.77. The Morgan fingerprint density at radius 2 is 1.90 bits per heavy atom. The zero-order valence-corrected chi connectivity index (χ0v) is 18.7. The molecule has 4 nitrogen and oxygen atoms in total. The molecule has 3 aliphatic carbocycles. The molecule has 1 aliphatic heterocycles. The van der Waals surface area contributed by atoms with Gasteiger partial charge in [0.2, 0.25) is 10.0 Å². The molecule has 0 aromatic heterocycles. The second-order valence-electron chi connectivity index (χ2n) is 10.1. The fourth-order valence-electron chi connectivity index (χ4n) is 6.29. The number of nitrogens with one attached hydrogen (secondary N) is 1. The van der Waals surface area contributed by atoms with Crippen molar-refractivity contribution in [3.8, 4) is 0 Å². The molecule has 1 saturated heterocycles. The van der Waals surface area contributed by atoms with Crippen LogP contribution in [0.4, 0.5) is 4.39 Å². The summed E-state index contributed by atoms with van der Waals surface area (Å²) < 4.78 is 41.9. The lowest BCUT2D eigenvalue weighted by molar-refractivity contribution is 0.226. The lowest BCUT2D eigenvalue weighted by atomic mass is 9.81. The number of nitrogens with zero attached hydrogens (tertiary/aromatic N) is 1. The largest absolute Gasteiger partial charge is 0.296 e. The third-order valence-corrected chi connectivity index (χ3v) is 9.61. The van der Waals surface area contributed by atoms with Crippen LogP contribution in [0.1, 0.15) is 41.0 Å². The maximum atomic E-state index is 14.9. The zero-order chi connectivity index (χ0) is 21.4. The minimum Gasteiger partial charge on any atom is -0.296 e. The fraction of sp³-hybridized carbons (Fsp3) is 0.520. The smallest absolute Gasteiger partial charge is 0.211 e. The molecule has 2 aromatic rings. The van der Waals surface area contributed by atoms with Crippen LogP contribution in [0.2, 0.25) is 0 Å². The van der Waals surface area contributed by atoms with Gasteiger partial charge in [0.15, 0.2) is 0 Å². The summed E-state index contributed by atoms with van der Waals surface area (Å²) in [6.45, 7) is 0.257. The van der Waals surface area contributed by atoms with E-state index < -0.39 is 10.0 Å². The first-order valence-corrected chi connectivity index (χ1v) is 13.1. The van der Waals surface area contributed by atoms with Gasteiger partial charge >= 0.3 is 0 Å². The SMILES string of the molecule is CN1C2C1C21Cc2cc(F)c(CCNS(=O)(=O)CC3CC3)cc2C1Cc1ccccc1. The number of likely N-dealkylation sites (tertiary alicyclic amines) is 1. The molecule has 0 bridgehead atoms. The Bertz CT molecular complexity index is 1120. The van der Waals surface area contributed by atoms with E-state index in [-0.39, 0.29) is 23.5 Å². The minimum absolute atomic E-state index is 0.196. The Kier molecular flexibility index (Phi) is 4.41. The van der Waals surface area contributed by atoms with Crippen LogP contribution in [0.15, 0.2) is 42.5 Å². The van der Waals surface area contributed by atoms with Crippen molar-refractivity contribution in [2.45, 2.75) is 50.1 Å². The summed E-state index contributed by atoms with van der Waals surface area (Å²) in [5, 5.41) is 0. The number of halogens is 1. The van der Waals surface area contributed by atoms with Gasteiger partial charge in [-0.2, -0.15) is 0 Å². The van der Waals surface area contributed by atoms with Gasteiger partial charge in [-0.05, 0) is 79.3 Å². The van der Waals surface area contributed by atoms with E-state index in [1.807, 2.05) is 12.1 Å². The number of hydrogen-bond acceptors (Lipinski definition) is 3. The molecule has 2 saturated carbocycles. The first-order valence-electron chi connectivity index (χ1n) is 11.4. The molecule has 3 atom stereocenters. The van der Waals surface area contributed by atoms with E-state index in [1.165, 1.54) is 11.1 Å². The van der Waals surface area contributed by atoms with Gasteiger partial charge < -0.3 is 0 Å². The molecule has 164 valence electrons. The van der Waals surface area contributed by atoms with Crippen molar-refractivity contribution in [2.24, 2.45) is 11.3 Å². The van der Waals surface area contributed by atoms with E-state index >= 15 is 0 Å². The summed E-state index contributed by atoms with van der Waals surface area (Å²) in [5.74, 6) is 0.727. The number of fused-ring (bicyclic) bond motifs is 4. The van der Waals surface area contributed by atoms with Crippen LogP contribution in [-0.2, 0) is 29.3 Å². The Hall–Kier alpha value is -1.76. The quantitative estimate of drug-likeness (QED) is 0.641. The first-order chi connectivity index (χ1) is 14.9. The number of rotatable bonds is 8. The molecule has 3 unspecified atom stereocenters. The lowest BCUT2D eigenvalue weighted by Crippen LogP contribution is -2.31. The van der Waals surface area contributed by atoms with Gasteiger partial charge in [-0.1, -0.05) is 36.4 Å². The normalized spacial score (nSPS) is 32.7. The van der Waals surface area contributed by atoms with Crippen LogP contribution in [0.25, 0.3) is 0 Å². The summed E-state index contributed by atoms with van der Waals surface area (Å²) in [4.78, 5) is 2.43. The van der Waals surface area contributed by atoms with Crippen LogP contribution in [0, 0.1) is 17.2 Å². The predicted molar refractivity (Wildman–Crippen MR) is 119 cm³/mol. The Balaban J connectivity index is 1.23. The number of sulfonamides is 1. The summed E-state index contributed by atoms with van der Waals surface area (Å²) in [7, 11) is -1.08. The van der Waals surface area contributed by atoms with Gasteiger partial charge in [-0.25, -0.2) is 17.5 Å². The highest BCUT2D eigenvalue weighted by Crippen LogP contribution is 2.76. The summed E-state index contributed by atoms with van der Waals surface area (Å²) in [6.07, 6.45) is 4.34. The van der Waals surface area contributed by atoms with E-state index in [1.54, 1.807) is 6.07 Å². The Labute approximate surface area is 183 Å². The standard InChI is InChI=1S/C25H29FN2O2S/c1-28-23-24(28)25(23)14-19-13-22(26)18(9-10-27-31(29,30)15-17-7-8-17)12-20(19)21(25)11-16-5-3-2-4-6-16/h2-6,12-13,17,21,23-24,27H,7-11,14-15H2,1H3. The molecule has 1 N–H and O–H groups in total. The lowest BCUT2D eigenvalue weighted by Gasteiger charge is -2.29. The highest BCUT2D eigenvalue weighted by atomic mass is 32.2. The predicted octanol–water partition coefficient (Wildman–Crippen LogP) is 3.26. The summed E-state index contributed by atoms with van der Waals surface area (Å²) in [5.41, 5.74) is 4.65. The van der Waals surface area contributed by atoms with Gasteiger partial charge in [0.25, 0.3) is 0 Å². The van der Waals surface area contributed by atoms with Crippen molar-refractivity contribution >= 4 is 10.0 Å². The average Bonchev–Trinajstić information content (AvgIpc) is 3.66. The molecule has 6 heteroatoms. The molecule has 0 radical (unpaired) electrons. The Morgan fingerprint density at radius 1 is 1.16 bits per heavy atom. The Morgan fingerprint density at radius 3 is 2.58 bits per heavy atom. The molecule has 3 fully saturated rings. The van der Waals surface area contributed by atoms with E-state index in [0.717, 1.165) is 31.2 Å². The second-order valence-corrected chi connectivity index (χ2v) is 11.9. The molecule has 31 heavy (non-hydrogen) atoms. The maximum Gasteiger partial charge on any atom is 0.211 e. The third-order valence-electron chi connectivity index (χ3n) is 8.06. The topological polar surface area (TPSA) is 49.2 Å². The maximum absolute atomic E-state index is 14.9. The van der Waals surface area contributed by atoms with Gasteiger partial charge in [0.1, 0.15) is 5.82 Å². The number of benzene rings is 2. The van der Waals surface area contributed by atoms with E-state index in [4.69, 9.17) is 0 Å². The van der Waals surface area contributed by atoms with E-state index in [2.05, 4.69) is 40.9 Å². The van der Waals surface area contributed by atoms with Crippen LogP contribution in [-0.4, -0.2) is 44.7 Å². The van der Waals surface area contributed by atoms with E-state index in [0.29, 0.717) is 35.9 Å². The first kappa shape index (κ1) is 19.9. The number of likely N-dealkylation sites (N-methyl/N-ethyl adjacent to an activating group) is 1. The van der Waals surface area contributed by atoms with Crippen LogP contribution >= 0.6 is 0 Å². The van der Waals surface area contributed by atoms with Gasteiger partial charge in [-0.3, -0.25) is 4.90 Å². The van der Waals surface area contributed by atoms with Crippen molar-refractivity contribution in [3.63, 3.8) is 0 Å². The van der Waals surface area contributed by atoms with Crippen molar-refractivity contribution in [1.29, 1.82) is 0 Å². The second kappa shape index (κ2) is 6.87. The molecule has 4 aliphatic rings. The van der Waals surface area contributed by atoms with Crippen molar-refractivity contribution < 1.29 is 12.8 Å². The molecular weight excluding hydrogens is 411 g/mol. The molecule has 6 rings (SSSR count). The van der Waals surface area contributed by atoms with Crippen LogP contribution < -0.4 is 4.72 Å². The van der Waals surface area contributed by atoms with Crippen LogP contribution in [0.5, 0.6) is 0 Å². The molecule has 1 heterocycles. The monoisotopic (exact) mass is 440 g/mol. The van der Waals surface area contributed by atoms with E-state index in [9.17, 15) is 12.8 Å². The van der Waals surface area contributed by atoms with Gasteiger partial charge in [0, 0.05) is 24.0 Å². The number of hydrogen-bond donors (Lipinski definition) is 1. The highest BCUT2D eigenvalue weighted by Gasteiger charge is 2.84. The van der Waals surface area contributed by atoms with Crippen LogP contribution in [0.3, 0.4) is 0 Å². The van der Waals surface area contributed by atoms with Gasteiger partial charge in [-0.15, -0.1) is 0 Å². The highest BCUT2D eigenvalue weighted by molar-refractivity contribution is 7.89. The van der Waals surface area contributed by atoms with Gasteiger partial charge in [0.05, 0.1) is 5.75 Å². The molecule has 0 amide bonds. The van der Waals surface area contributed by atoms with Crippen molar-refractivity contribution in [1.82, 2.24) is 9.62 Å². The van der Waals surface area contributed by atoms with Crippen molar-refractivity contribution in [3.05, 3.63) is 70.5 Å². The summed E-state index contributed by atoms with van der Waals surface area (Å²) >= 11 is 0. The van der Waals surface area contributed by atoms with Crippen molar-refractivity contribution in [2.75, 3.05) is 19.3 Å². The molecule has 1 spiro atoms. The minimum atomic E-state index is -3.26. The summed E-state index contributed by atoms with van der Waals surface area (Å²) in [6, 6.07) is 15.6. The zero-order valence-electron chi connectivity index (χ0n) is 17.9. The molecular formula is C25H29FN2O2S. The molecule has 2 aromatic carbocycles. The third kappa shape index (κ3) is 3.35.